The fourth-order valence-corrected chi connectivity index (χ4v) is 1.50. The van der Waals surface area contributed by atoms with Gasteiger partial charge in [-0.15, -0.1) is 0 Å². The third-order valence-electron chi connectivity index (χ3n) is 2.58. The summed E-state index contributed by atoms with van der Waals surface area (Å²) < 4.78 is 37.7. The van der Waals surface area contributed by atoms with E-state index in [-0.39, 0.29) is 11.5 Å². The van der Waals surface area contributed by atoms with Crippen molar-refractivity contribution < 1.29 is 13.2 Å². The molecule has 3 N–H and O–H groups in total. The number of halogens is 3. The van der Waals surface area contributed by atoms with E-state index in [0.717, 1.165) is 12.1 Å². The number of alkyl halides is 3. The second-order valence-electron chi connectivity index (χ2n) is 3.94. The molecule has 0 aliphatic heterocycles. The molecule has 1 aromatic carbocycles. The van der Waals surface area contributed by atoms with E-state index in [1.165, 1.54) is 18.5 Å². The zero-order chi connectivity index (χ0) is 14.0. The number of nitrogens with one attached hydrogen (secondary N) is 1. The van der Waals surface area contributed by atoms with Crippen LogP contribution in [0.4, 0.5) is 30.5 Å². The lowest BCUT2D eigenvalue weighted by Gasteiger charge is -2.11. The molecule has 0 aliphatic carbocycles. The Balaban J connectivity index is 2.31. The van der Waals surface area contributed by atoms with Crippen LogP contribution in [0.25, 0.3) is 0 Å². The maximum Gasteiger partial charge on any atom is 0.416 e. The first-order chi connectivity index (χ1) is 8.88. The molecular weight excluding hydrogens is 257 g/mol. The molecule has 2 aromatic rings. The van der Waals surface area contributed by atoms with E-state index in [1.807, 2.05) is 0 Å². The maximum absolute atomic E-state index is 12.6. The Morgan fingerprint density at radius 3 is 2.63 bits per heavy atom. The third-order valence-corrected chi connectivity index (χ3v) is 2.58. The second-order valence-corrected chi connectivity index (χ2v) is 3.94. The molecule has 2 rings (SSSR count). The number of nitrogens with zero attached hydrogens (tertiary/aromatic N) is 2. The number of nitrogen functional groups attached to an aromatic ring is 1. The Kier molecular flexibility index (Phi) is 3.28. The highest BCUT2D eigenvalue weighted by Gasteiger charge is 2.30. The van der Waals surface area contributed by atoms with Crippen LogP contribution >= 0.6 is 0 Å². The van der Waals surface area contributed by atoms with Gasteiger partial charge in [0.15, 0.2) is 0 Å². The summed E-state index contributed by atoms with van der Waals surface area (Å²) in [5.41, 5.74) is 5.75. The molecule has 1 aromatic heterocycles. The molecule has 0 fully saturated rings. The molecule has 0 unspecified atom stereocenters. The highest BCUT2D eigenvalue weighted by atomic mass is 19.4. The summed E-state index contributed by atoms with van der Waals surface area (Å²) in [6, 6.07) is 4.86. The molecule has 4 nitrogen and oxygen atoms in total. The normalized spacial score (nSPS) is 11.4. The average Bonchev–Trinajstić information content (AvgIpc) is 2.34. The van der Waals surface area contributed by atoms with E-state index in [1.54, 1.807) is 6.92 Å². The highest BCUT2D eigenvalue weighted by Crippen LogP contribution is 2.31. The first kappa shape index (κ1) is 13.1. The van der Waals surface area contributed by atoms with Crippen molar-refractivity contribution >= 4 is 17.3 Å². The quantitative estimate of drug-likeness (QED) is 0.878. The summed E-state index contributed by atoms with van der Waals surface area (Å²) in [5, 5.41) is 2.79. The van der Waals surface area contributed by atoms with Crippen LogP contribution in [-0.2, 0) is 6.18 Å². The van der Waals surface area contributed by atoms with Gasteiger partial charge in [-0.2, -0.15) is 13.2 Å². The predicted octanol–water partition coefficient (Wildman–Crippen LogP) is 3.13. The van der Waals surface area contributed by atoms with Crippen LogP contribution < -0.4 is 11.1 Å². The Morgan fingerprint density at radius 2 is 1.95 bits per heavy atom. The number of rotatable bonds is 2. The lowest BCUT2D eigenvalue weighted by Crippen LogP contribution is -2.06. The SMILES string of the molecule is Cc1c(N)ncnc1Nc1cccc(C(F)(F)F)c1. The molecule has 0 bridgehead atoms. The predicted molar refractivity (Wildman–Crippen MR) is 65.9 cm³/mol. The molecule has 7 heteroatoms. The molecule has 0 amide bonds. The van der Waals surface area contributed by atoms with Crippen molar-refractivity contribution in [1.82, 2.24) is 9.97 Å². The zero-order valence-corrected chi connectivity index (χ0v) is 9.99. The molecule has 0 radical (unpaired) electrons. The van der Waals surface area contributed by atoms with Gasteiger partial charge in [-0.3, -0.25) is 0 Å². The molecule has 0 saturated carbocycles. The number of hydrogen-bond donors (Lipinski definition) is 2. The molecule has 0 saturated heterocycles. The maximum atomic E-state index is 12.6. The minimum Gasteiger partial charge on any atom is -0.383 e. The van der Waals surface area contributed by atoms with Crippen molar-refractivity contribution in [3.63, 3.8) is 0 Å². The standard InChI is InChI=1S/C12H11F3N4/c1-7-10(16)17-6-18-11(7)19-9-4-2-3-8(5-9)12(13,14)15/h2-6H,1H3,(H3,16,17,18,19). The van der Waals surface area contributed by atoms with Gasteiger partial charge in [0, 0.05) is 11.3 Å². The highest BCUT2D eigenvalue weighted by molar-refractivity contribution is 5.63. The van der Waals surface area contributed by atoms with Crippen molar-refractivity contribution in [1.29, 1.82) is 0 Å². The molecule has 0 atom stereocenters. The Bertz CT molecular complexity index is 596. The Hall–Kier alpha value is -2.31. The van der Waals surface area contributed by atoms with E-state index < -0.39 is 11.7 Å². The number of hydrogen-bond acceptors (Lipinski definition) is 4. The van der Waals surface area contributed by atoms with Gasteiger partial charge in [-0.25, -0.2) is 9.97 Å². The number of nitrogens with two attached hydrogens (primary N) is 1. The van der Waals surface area contributed by atoms with Gasteiger partial charge < -0.3 is 11.1 Å². The first-order valence-corrected chi connectivity index (χ1v) is 5.39. The van der Waals surface area contributed by atoms with Crippen molar-refractivity contribution in [2.75, 3.05) is 11.1 Å². The molecule has 0 spiro atoms. The van der Waals surface area contributed by atoms with Crippen LogP contribution in [-0.4, -0.2) is 9.97 Å². The number of aromatic nitrogens is 2. The Morgan fingerprint density at radius 1 is 1.21 bits per heavy atom. The van der Waals surface area contributed by atoms with Gasteiger partial charge in [0.25, 0.3) is 0 Å². The molecular formula is C12H11F3N4. The average molecular weight is 268 g/mol. The van der Waals surface area contributed by atoms with Crippen LogP contribution in [0.15, 0.2) is 30.6 Å². The summed E-state index contributed by atoms with van der Waals surface area (Å²) in [4.78, 5) is 7.73. The monoisotopic (exact) mass is 268 g/mol. The molecule has 19 heavy (non-hydrogen) atoms. The fourth-order valence-electron chi connectivity index (χ4n) is 1.50. The summed E-state index contributed by atoms with van der Waals surface area (Å²) in [6.07, 6.45) is -3.13. The van der Waals surface area contributed by atoms with E-state index >= 15 is 0 Å². The lowest BCUT2D eigenvalue weighted by molar-refractivity contribution is -0.137. The summed E-state index contributed by atoms with van der Waals surface area (Å²) in [7, 11) is 0. The van der Waals surface area contributed by atoms with Crippen LogP contribution in [0.5, 0.6) is 0 Å². The van der Waals surface area contributed by atoms with E-state index in [4.69, 9.17) is 5.73 Å². The van der Waals surface area contributed by atoms with Gasteiger partial charge in [0.2, 0.25) is 0 Å². The van der Waals surface area contributed by atoms with Crippen LogP contribution in [0.1, 0.15) is 11.1 Å². The van der Waals surface area contributed by atoms with Gasteiger partial charge in [0.05, 0.1) is 5.56 Å². The van der Waals surface area contributed by atoms with E-state index in [0.29, 0.717) is 11.4 Å². The van der Waals surface area contributed by atoms with Crippen LogP contribution in [0.3, 0.4) is 0 Å². The largest absolute Gasteiger partial charge is 0.416 e. The van der Waals surface area contributed by atoms with Crippen molar-refractivity contribution in [3.05, 3.63) is 41.7 Å². The van der Waals surface area contributed by atoms with Crippen LogP contribution in [0, 0.1) is 6.92 Å². The topological polar surface area (TPSA) is 63.8 Å². The molecule has 100 valence electrons. The van der Waals surface area contributed by atoms with Crippen LogP contribution in [0.2, 0.25) is 0 Å². The van der Waals surface area contributed by atoms with Gasteiger partial charge in [0.1, 0.15) is 18.0 Å². The number of benzene rings is 1. The number of anilines is 3. The lowest BCUT2D eigenvalue weighted by atomic mass is 10.2. The van der Waals surface area contributed by atoms with E-state index in [2.05, 4.69) is 15.3 Å². The minimum atomic E-state index is -4.38. The second kappa shape index (κ2) is 4.75. The van der Waals surface area contributed by atoms with Gasteiger partial charge in [-0.1, -0.05) is 6.07 Å². The van der Waals surface area contributed by atoms with Crippen molar-refractivity contribution in [2.24, 2.45) is 0 Å². The van der Waals surface area contributed by atoms with Crippen molar-refractivity contribution in [3.8, 4) is 0 Å². The zero-order valence-electron chi connectivity index (χ0n) is 9.99. The first-order valence-electron chi connectivity index (χ1n) is 5.39. The third kappa shape index (κ3) is 2.93. The smallest absolute Gasteiger partial charge is 0.383 e. The van der Waals surface area contributed by atoms with Gasteiger partial charge in [-0.05, 0) is 25.1 Å². The summed E-state index contributed by atoms with van der Waals surface area (Å²) >= 11 is 0. The van der Waals surface area contributed by atoms with Gasteiger partial charge >= 0.3 is 6.18 Å². The molecule has 0 aliphatic rings. The Labute approximate surface area is 107 Å². The van der Waals surface area contributed by atoms with Crippen molar-refractivity contribution in [2.45, 2.75) is 13.1 Å². The summed E-state index contributed by atoms with van der Waals surface area (Å²) in [5.74, 6) is 0.663. The molecule has 1 heterocycles. The van der Waals surface area contributed by atoms with E-state index in [9.17, 15) is 13.2 Å². The minimum absolute atomic E-state index is 0.282. The fraction of sp³-hybridized carbons (Fsp3) is 0.167. The summed E-state index contributed by atoms with van der Waals surface area (Å²) in [6.45, 7) is 1.69.